The molecule has 0 fully saturated rings. The molecule has 1 heterocycles. The quantitative estimate of drug-likeness (QED) is 0.882. The van der Waals surface area contributed by atoms with Crippen molar-refractivity contribution in [2.45, 2.75) is 13.3 Å². The second-order valence-electron chi connectivity index (χ2n) is 4.44. The summed E-state index contributed by atoms with van der Waals surface area (Å²) in [7, 11) is 1.53. The summed E-state index contributed by atoms with van der Waals surface area (Å²) in [5, 5.41) is 9.28. The zero-order valence-corrected chi connectivity index (χ0v) is 11.4. The molecule has 0 aliphatic carbocycles. The van der Waals surface area contributed by atoms with Crippen molar-refractivity contribution in [1.29, 1.82) is 0 Å². The van der Waals surface area contributed by atoms with Crippen molar-refractivity contribution in [1.82, 2.24) is 10.2 Å². The Kier molecular flexibility index (Phi) is 4.47. The molecule has 0 saturated carbocycles. The number of carbonyl (C=O) groups is 1. The number of rotatable bonds is 5. The lowest BCUT2D eigenvalue weighted by Crippen LogP contribution is -2.13. The van der Waals surface area contributed by atoms with Crippen molar-refractivity contribution in [2.24, 2.45) is 0 Å². The van der Waals surface area contributed by atoms with Crippen LogP contribution in [0.3, 0.4) is 0 Å². The fourth-order valence-corrected chi connectivity index (χ4v) is 1.77. The van der Waals surface area contributed by atoms with E-state index in [-0.39, 0.29) is 18.1 Å². The van der Waals surface area contributed by atoms with E-state index in [4.69, 9.17) is 4.74 Å². The van der Waals surface area contributed by atoms with E-state index in [0.29, 0.717) is 23.7 Å². The van der Waals surface area contributed by atoms with Gasteiger partial charge in [0, 0.05) is 18.7 Å². The summed E-state index contributed by atoms with van der Waals surface area (Å²) in [5.41, 5.74) is 1.89. The minimum absolute atomic E-state index is 0.199. The van der Waals surface area contributed by atoms with Gasteiger partial charge < -0.3 is 10.1 Å². The van der Waals surface area contributed by atoms with Crippen molar-refractivity contribution in [3.63, 3.8) is 0 Å². The Balaban J connectivity index is 2.12. The lowest BCUT2D eigenvalue weighted by molar-refractivity contribution is -0.117. The van der Waals surface area contributed by atoms with Crippen molar-refractivity contribution in [3.05, 3.63) is 35.6 Å². The minimum atomic E-state index is -0.337. The van der Waals surface area contributed by atoms with Crippen LogP contribution in [0.1, 0.15) is 12.0 Å². The third-order valence-electron chi connectivity index (χ3n) is 2.79. The number of aromatic nitrogens is 2. The lowest BCUT2D eigenvalue weighted by Gasteiger charge is -2.01. The topological polar surface area (TPSA) is 67.0 Å². The summed E-state index contributed by atoms with van der Waals surface area (Å²) in [6.07, 6.45) is 0.248. The Labute approximate surface area is 116 Å². The molecular weight excluding hydrogens is 261 g/mol. The molecule has 0 aliphatic heterocycles. The first-order chi connectivity index (χ1) is 9.60. The number of hydrogen-bond acceptors (Lipinski definition) is 3. The monoisotopic (exact) mass is 277 g/mol. The number of methoxy groups -OCH3 is 1. The second kappa shape index (κ2) is 6.29. The number of hydrogen-bond donors (Lipinski definition) is 2. The predicted octanol–water partition coefficient (Wildman–Crippen LogP) is 2.50. The zero-order chi connectivity index (χ0) is 14.5. The molecule has 0 bridgehead atoms. The summed E-state index contributed by atoms with van der Waals surface area (Å²) in [4.78, 5) is 11.5. The SMILES string of the molecule is COCCC(=O)Nc1cc(-c2cc(C)ccc2F)[nH]n1. The molecule has 0 atom stereocenters. The number of benzene rings is 1. The Morgan fingerprint density at radius 2 is 2.25 bits per heavy atom. The maximum absolute atomic E-state index is 13.7. The van der Waals surface area contributed by atoms with Crippen LogP contribution in [0.2, 0.25) is 0 Å². The summed E-state index contributed by atoms with van der Waals surface area (Å²) in [6, 6.07) is 6.42. The van der Waals surface area contributed by atoms with Crippen LogP contribution in [0.15, 0.2) is 24.3 Å². The molecule has 2 aromatic rings. The fraction of sp³-hybridized carbons (Fsp3) is 0.286. The average molecular weight is 277 g/mol. The van der Waals surface area contributed by atoms with E-state index in [1.165, 1.54) is 13.2 Å². The van der Waals surface area contributed by atoms with Gasteiger partial charge in [-0.3, -0.25) is 9.89 Å². The smallest absolute Gasteiger partial charge is 0.227 e. The number of anilines is 1. The number of amides is 1. The molecule has 0 saturated heterocycles. The first kappa shape index (κ1) is 14.2. The Morgan fingerprint density at radius 3 is 3.00 bits per heavy atom. The van der Waals surface area contributed by atoms with Crippen LogP contribution < -0.4 is 5.32 Å². The van der Waals surface area contributed by atoms with E-state index < -0.39 is 0 Å². The third-order valence-corrected chi connectivity index (χ3v) is 2.79. The number of nitrogens with one attached hydrogen (secondary N) is 2. The number of ether oxygens (including phenoxy) is 1. The highest BCUT2D eigenvalue weighted by Gasteiger charge is 2.10. The van der Waals surface area contributed by atoms with E-state index >= 15 is 0 Å². The van der Waals surface area contributed by atoms with Gasteiger partial charge in [-0.1, -0.05) is 11.6 Å². The number of nitrogens with zero attached hydrogens (tertiary/aromatic N) is 1. The normalized spacial score (nSPS) is 10.6. The molecule has 0 aliphatic rings. The van der Waals surface area contributed by atoms with E-state index in [2.05, 4.69) is 15.5 Å². The predicted molar refractivity (Wildman–Crippen MR) is 73.8 cm³/mol. The second-order valence-corrected chi connectivity index (χ2v) is 4.44. The standard InChI is InChI=1S/C14H16FN3O2/c1-9-3-4-11(15)10(7-9)12-8-13(18-17-12)16-14(19)5-6-20-2/h3-4,7-8H,5-6H2,1-2H3,(H2,16,17,18,19). The van der Waals surface area contributed by atoms with Gasteiger partial charge in [-0.05, 0) is 19.1 Å². The van der Waals surface area contributed by atoms with Gasteiger partial charge in [0.1, 0.15) is 5.82 Å². The molecule has 0 radical (unpaired) electrons. The van der Waals surface area contributed by atoms with Gasteiger partial charge >= 0.3 is 0 Å². The maximum Gasteiger partial charge on any atom is 0.227 e. The molecule has 1 amide bonds. The third kappa shape index (κ3) is 3.42. The summed E-state index contributed by atoms with van der Waals surface area (Å²) in [5.74, 6) is -0.173. The highest BCUT2D eigenvalue weighted by Crippen LogP contribution is 2.24. The first-order valence-electron chi connectivity index (χ1n) is 6.21. The molecule has 0 spiro atoms. The average Bonchev–Trinajstić information content (AvgIpc) is 2.87. The summed E-state index contributed by atoms with van der Waals surface area (Å²) >= 11 is 0. The highest BCUT2D eigenvalue weighted by molar-refractivity contribution is 5.90. The van der Waals surface area contributed by atoms with Crippen molar-refractivity contribution in [3.8, 4) is 11.3 Å². The van der Waals surface area contributed by atoms with E-state index in [1.54, 1.807) is 18.2 Å². The highest BCUT2D eigenvalue weighted by atomic mass is 19.1. The molecule has 2 N–H and O–H groups in total. The molecule has 1 aromatic carbocycles. The lowest BCUT2D eigenvalue weighted by atomic mass is 10.1. The van der Waals surface area contributed by atoms with Crippen LogP contribution in [0, 0.1) is 12.7 Å². The van der Waals surface area contributed by atoms with Crippen LogP contribution in [0.5, 0.6) is 0 Å². The molecule has 2 rings (SSSR count). The van der Waals surface area contributed by atoms with Crippen LogP contribution in [-0.4, -0.2) is 29.8 Å². The molecule has 6 heteroatoms. The van der Waals surface area contributed by atoms with Gasteiger partial charge in [-0.2, -0.15) is 5.10 Å². The van der Waals surface area contributed by atoms with Gasteiger partial charge in [0.2, 0.25) is 5.91 Å². The van der Waals surface area contributed by atoms with Gasteiger partial charge in [-0.25, -0.2) is 4.39 Å². The minimum Gasteiger partial charge on any atom is -0.384 e. The van der Waals surface area contributed by atoms with Crippen LogP contribution in [0.25, 0.3) is 11.3 Å². The van der Waals surface area contributed by atoms with Gasteiger partial charge in [0.15, 0.2) is 5.82 Å². The number of H-pyrrole nitrogens is 1. The van der Waals surface area contributed by atoms with Crippen molar-refractivity contribution < 1.29 is 13.9 Å². The van der Waals surface area contributed by atoms with Gasteiger partial charge in [0.05, 0.1) is 18.7 Å². The molecule has 1 aromatic heterocycles. The van der Waals surface area contributed by atoms with Gasteiger partial charge in [0.25, 0.3) is 0 Å². The van der Waals surface area contributed by atoms with Crippen LogP contribution >= 0.6 is 0 Å². The van der Waals surface area contributed by atoms with Crippen LogP contribution in [0.4, 0.5) is 10.2 Å². The first-order valence-corrected chi connectivity index (χ1v) is 6.21. The molecular formula is C14H16FN3O2. The Bertz CT molecular complexity index is 610. The Hall–Kier alpha value is -2.21. The van der Waals surface area contributed by atoms with E-state index in [9.17, 15) is 9.18 Å². The maximum atomic E-state index is 13.7. The fourth-order valence-electron chi connectivity index (χ4n) is 1.77. The van der Waals surface area contributed by atoms with Crippen molar-refractivity contribution in [2.75, 3.05) is 19.0 Å². The summed E-state index contributed by atoms with van der Waals surface area (Å²) in [6.45, 7) is 2.22. The van der Waals surface area contributed by atoms with E-state index in [0.717, 1.165) is 5.56 Å². The number of aryl methyl sites for hydroxylation is 1. The number of aromatic amines is 1. The summed E-state index contributed by atoms with van der Waals surface area (Å²) < 4.78 is 18.6. The van der Waals surface area contributed by atoms with Gasteiger partial charge in [-0.15, -0.1) is 0 Å². The Morgan fingerprint density at radius 1 is 1.45 bits per heavy atom. The van der Waals surface area contributed by atoms with Crippen LogP contribution in [-0.2, 0) is 9.53 Å². The number of carbonyl (C=O) groups excluding carboxylic acids is 1. The van der Waals surface area contributed by atoms with Crippen molar-refractivity contribution >= 4 is 11.7 Å². The molecule has 0 unspecified atom stereocenters. The number of halogens is 1. The largest absolute Gasteiger partial charge is 0.384 e. The zero-order valence-electron chi connectivity index (χ0n) is 11.4. The molecule has 20 heavy (non-hydrogen) atoms. The van der Waals surface area contributed by atoms with E-state index in [1.807, 2.05) is 6.92 Å². The molecule has 5 nitrogen and oxygen atoms in total. The molecule has 106 valence electrons.